The van der Waals surface area contributed by atoms with E-state index in [1.165, 1.54) is 13.8 Å². The van der Waals surface area contributed by atoms with Crippen LogP contribution in [0.25, 0.3) is 0 Å². The van der Waals surface area contributed by atoms with Gasteiger partial charge in [0.2, 0.25) is 7.37 Å². The lowest BCUT2D eigenvalue weighted by atomic mass is 10.3. The van der Waals surface area contributed by atoms with E-state index in [9.17, 15) is 13.8 Å². The molecule has 1 N–H and O–H groups in total. The van der Waals surface area contributed by atoms with Gasteiger partial charge in [0.25, 0.3) is 5.41 Å². The molecule has 0 aliphatic carbocycles. The van der Waals surface area contributed by atoms with E-state index in [-0.39, 0.29) is 13.0 Å². The average Bonchev–Trinajstić information content (AvgIpc) is 2.02. The average molecular weight is 212 g/mol. The van der Waals surface area contributed by atoms with Gasteiger partial charge in [0.15, 0.2) is 0 Å². The Morgan fingerprint density at radius 3 is 2.31 bits per heavy atom. The van der Waals surface area contributed by atoms with Crippen LogP contribution in [0.3, 0.4) is 0 Å². The Hall–Kier alpha value is -0.410. The van der Waals surface area contributed by atoms with Crippen molar-refractivity contribution in [3.8, 4) is 0 Å². The molecule has 0 saturated carbocycles. The quantitative estimate of drug-likeness (QED) is 0.708. The minimum absolute atomic E-state index is 0.0345. The second kappa shape index (κ2) is 4.20. The maximum Gasteiger partial charge on any atom is 0.351 e. The van der Waals surface area contributed by atoms with Gasteiger partial charge in [-0.3, -0.25) is 4.57 Å². The number of carboxylic acid groups (broad SMARTS) is 1. The number of hydrogen-bond acceptors (Lipinski definition) is 3. The topological polar surface area (TPSA) is 63.6 Å². The van der Waals surface area contributed by atoms with Crippen LogP contribution in [-0.4, -0.2) is 29.8 Å². The number of rotatable bonds is 5. The minimum atomic E-state index is -3.74. The summed E-state index contributed by atoms with van der Waals surface area (Å²) >= 11 is 0. The van der Waals surface area contributed by atoms with E-state index in [4.69, 9.17) is 5.11 Å². The third-order valence-electron chi connectivity index (χ3n) is 1.82. The van der Waals surface area contributed by atoms with E-state index >= 15 is 0 Å². The first kappa shape index (κ1) is 12.6. The summed E-state index contributed by atoms with van der Waals surface area (Å²) in [7, 11) is -3.74. The molecule has 2 unspecified atom stereocenters. The van der Waals surface area contributed by atoms with Crippen LogP contribution in [0.1, 0.15) is 20.3 Å². The molecule has 0 aromatic rings. The molecule has 0 spiro atoms. The SMILES string of the molecule is CCOP(C)(=O)C(F)(CC)C(=O)O. The zero-order valence-corrected chi connectivity index (χ0v) is 8.81. The molecule has 4 nitrogen and oxygen atoms in total. The molecule has 0 aromatic heterocycles. The second-order valence-corrected chi connectivity index (χ2v) is 5.34. The molecule has 0 saturated heterocycles. The Morgan fingerprint density at radius 2 is 2.08 bits per heavy atom. The highest BCUT2D eigenvalue weighted by Crippen LogP contribution is 2.58. The van der Waals surface area contributed by atoms with Crippen LogP contribution in [0.15, 0.2) is 0 Å². The predicted octanol–water partition coefficient (Wildman–Crippen LogP) is 2.09. The number of carboxylic acids is 1. The molecular formula is C7H14FO4P. The van der Waals surface area contributed by atoms with Crippen LogP contribution in [0, 0.1) is 0 Å². The molecule has 0 amide bonds. The van der Waals surface area contributed by atoms with Gasteiger partial charge in [-0.1, -0.05) is 6.92 Å². The highest BCUT2D eigenvalue weighted by molar-refractivity contribution is 7.60. The Morgan fingerprint density at radius 1 is 1.62 bits per heavy atom. The zero-order chi connectivity index (χ0) is 10.7. The predicted molar refractivity (Wildman–Crippen MR) is 46.9 cm³/mol. The van der Waals surface area contributed by atoms with Crippen molar-refractivity contribution < 1.29 is 23.4 Å². The summed E-state index contributed by atoms with van der Waals surface area (Å²) in [5.74, 6) is -1.73. The highest BCUT2D eigenvalue weighted by atomic mass is 31.2. The van der Waals surface area contributed by atoms with Gasteiger partial charge in [-0.15, -0.1) is 0 Å². The largest absolute Gasteiger partial charge is 0.478 e. The Kier molecular flexibility index (Phi) is 4.07. The van der Waals surface area contributed by atoms with Gasteiger partial charge in [-0.25, -0.2) is 9.18 Å². The van der Waals surface area contributed by atoms with E-state index in [1.807, 2.05) is 0 Å². The monoisotopic (exact) mass is 212 g/mol. The van der Waals surface area contributed by atoms with Gasteiger partial charge in [-0.05, 0) is 13.3 Å². The fourth-order valence-electron chi connectivity index (χ4n) is 0.961. The number of alkyl halides is 1. The molecule has 0 bridgehead atoms. The van der Waals surface area contributed by atoms with E-state index in [0.717, 1.165) is 6.66 Å². The summed E-state index contributed by atoms with van der Waals surface area (Å²) in [6.45, 7) is 3.90. The summed E-state index contributed by atoms with van der Waals surface area (Å²) in [6.07, 6.45) is -0.365. The zero-order valence-electron chi connectivity index (χ0n) is 7.91. The van der Waals surface area contributed by atoms with Gasteiger partial charge in [0.1, 0.15) is 0 Å². The Bertz CT molecular complexity index is 243. The van der Waals surface area contributed by atoms with Crippen LogP contribution in [0.4, 0.5) is 4.39 Å². The van der Waals surface area contributed by atoms with Crippen LogP contribution < -0.4 is 0 Å². The van der Waals surface area contributed by atoms with Crippen molar-refractivity contribution in [1.82, 2.24) is 0 Å². The Balaban J connectivity index is 4.95. The summed E-state index contributed by atoms with van der Waals surface area (Å²) in [4.78, 5) is 10.5. The molecule has 0 fully saturated rings. The van der Waals surface area contributed by atoms with Crippen molar-refractivity contribution in [2.24, 2.45) is 0 Å². The van der Waals surface area contributed by atoms with Gasteiger partial charge in [0, 0.05) is 6.66 Å². The summed E-state index contributed by atoms with van der Waals surface area (Å²) in [5.41, 5.74) is 0. The van der Waals surface area contributed by atoms with E-state index in [0.29, 0.717) is 0 Å². The maximum absolute atomic E-state index is 13.6. The number of hydrogen-bond donors (Lipinski definition) is 1. The molecule has 6 heteroatoms. The maximum atomic E-state index is 13.6. The van der Waals surface area contributed by atoms with Crippen molar-refractivity contribution in [3.05, 3.63) is 0 Å². The van der Waals surface area contributed by atoms with E-state index in [2.05, 4.69) is 4.52 Å². The molecule has 0 rings (SSSR count). The first-order valence-corrected chi connectivity index (χ1v) is 6.03. The third-order valence-corrected chi connectivity index (χ3v) is 4.36. The molecule has 0 heterocycles. The summed E-state index contributed by atoms with van der Waals surface area (Å²) < 4.78 is 29.8. The molecular weight excluding hydrogens is 198 g/mol. The van der Waals surface area contributed by atoms with Crippen LogP contribution in [0.5, 0.6) is 0 Å². The lowest BCUT2D eigenvalue weighted by Crippen LogP contribution is -2.33. The molecule has 2 atom stereocenters. The summed E-state index contributed by atoms with van der Waals surface area (Å²) in [5, 5.41) is 5.81. The number of carbonyl (C=O) groups is 1. The first-order valence-electron chi connectivity index (χ1n) is 3.96. The molecule has 0 aliphatic rings. The first-order chi connectivity index (χ1) is 5.81. The lowest BCUT2D eigenvalue weighted by molar-refractivity contribution is -0.145. The molecule has 0 aromatic carbocycles. The fraction of sp³-hybridized carbons (Fsp3) is 0.857. The molecule has 0 radical (unpaired) electrons. The second-order valence-electron chi connectivity index (χ2n) is 2.68. The smallest absolute Gasteiger partial charge is 0.351 e. The molecule has 13 heavy (non-hydrogen) atoms. The normalized spacial score (nSPS) is 20.3. The van der Waals surface area contributed by atoms with Crippen molar-refractivity contribution in [1.29, 1.82) is 0 Å². The molecule has 0 aliphatic heterocycles. The van der Waals surface area contributed by atoms with Crippen LogP contribution in [0.2, 0.25) is 0 Å². The standard InChI is InChI=1S/C7H14FO4P/c1-4-7(8,6(9)10)13(3,11)12-5-2/h4-5H2,1-3H3,(H,9,10). The van der Waals surface area contributed by atoms with Gasteiger partial charge < -0.3 is 9.63 Å². The summed E-state index contributed by atoms with van der Waals surface area (Å²) in [6, 6.07) is 0. The molecule has 78 valence electrons. The van der Waals surface area contributed by atoms with Gasteiger partial charge in [-0.2, -0.15) is 0 Å². The van der Waals surface area contributed by atoms with E-state index in [1.54, 1.807) is 0 Å². The highest BCUT2D eigenvalue weighted by Gasteiger charge is 2.52. The Labute approximate surface area is 76.5 Å². The third kappa shape index (κ3) is 2.29. The van der Waals surface area contributed by atoms with Crippen molar-refractivity contribution in [2.75, 3.05) is 13.3 Å². The minimum Gasteiger partial charge on any atom is -0.478 e. The van der Waals surface area contributed by atoms with Crippen LogP contribution in [-0.2, 0) is 13.9 Å². The number of aliphatic carboxylic acids is 1. The van der Waals surface area contributed by atoms with E-state index < -0.39 is 18.7 Å². The lowest BCUT2D eigenvalue weighted by Gasteiger charge is -2.25. The van der Waals surface area contributed by atoms with Crippen molar-refractivity contribution in [2.45, 2.75) is 25.7 Å². The van der Waals surface area contributed by atoms with Gasteiger partial charge in [0.05, 0.1) is 6.61 Å². The fourth-order valence-corrected chi connectivity index (χ4v) is 2.58. The van der Waals surface area contributed by atoms with Crippen molar-refractivity contribution >= 4 is 13.3 Å². The van der Waals surface area contributed by atoms with Crippen LogP contribution >= 0.6 is 7.37 Å². The van der Waals surface area contributed by atoms with Gasteiger partial charge >= 0.3 is 5.97 Å². The number of halogens is 1. The van der Waals surface area contributed by atoms with Crippen molar-refractivity contribution in [3.63, 3.8) is 0 Å².